The van der Waals surface area contributed by atoms with E-state index in [4.69, 9.17) is 15.3 Å². The Labute approximate surface area is 61.6 Å². The summed E-state index contributed by atoms with van der Waals surface area (Å²) in [6, 6.07) is 0.870. The molecule has 5 heteroatoms. The molecule has 0 spiro atoms. The summed E-state index contributed by atoms with van der Waals surface area (Å²) in [6.07, 6.45) is -0.727. The molecule has 0 radical (unpaired) electrons. The zero-order valence-corrected chi connectivity index (χ0v) is 5.48. The van der Waals surface area contributed by atoms with Gasteiger partial charge in [0.1, 0.15) is 5.75 Å². The third-order valence-corrected chi connectivity index (χ3v) is 1.21. The molecule has 1 heterocycles. The lowest BCUT2D eigenvalue weighted by Gasteiger charge is -2.03. The normalized spacial score (nSPS) is 10.5. The van der Waals surface area contributed by atoms with Crippen LogP contribution < -0.4 is 5.56 Å². The first-order valence-electron chi connectivity index (χ1n) is 2.89. The zero-order valence-electron chi connectivity index (χ0n) is 5.48. The van der Waals surface area contributed by atoms with Crippen LogP contribution in [0.1, 0.15) is 11.9 Å². The highest BCUT2D eigenvalue weighted by atomic mass is 16.5. The molecule has 0 saturated carbocycles. The fraction of sp³-hybridized carbons (Fsp3) is 0.167. The van der Waals surface area contributed by atoms with Gasteiger partial charge in [-0.25, -0.2) is 0 Å². The van der Waals surface area contributed by atoms with Gasteiger partial charge in [0.15, 0.2) is 6.29 Å². The van der Waals surface area contributed by atoms with Gasteiger partial charge in [-0.1, -0.05) is 0 Å². The molecule has 0 atom stereocenters. The van der Waals surface area contributed by atoms with Gasteiger partial charge in [0.25, 0.3) is 5.56 Å². The summed E-state index contributed by atoms with van der Waals surface area (Å²) in [4.78, 5) is 12.7. The first-order valence-corrected chi connectivity index (χ1v) is 2.89. The number of H-pyrrole nitrogens is 1. The minimum Gasteiger partial charge on any atom is -0.507 e. The SMILES string of the molecule is O=c1cc(O)c(C(O)O)c[nH]1. The molecule has 0 aliphatic carbocycles. The van der Waals surface area contributed by atoms with Crippen molar-refractivity contribution in [1.29, 1.82) is 0 Å². The molecule has 1 aromatic heterocycles. The molecule has 1 aromatic rings. The first-order chi connectivity index (χ1) is 5.11. The minimum absolute atomic E-state index is 0.121. The Morgan fingerprint density at radius 2 is 2.09 bits per heavy atom. The van der Waals surface area contributed by atoms with Crippen LogP contribution in [-0.4, -0.2) is 20.3 Å². The molecule has 0 aromatic carbocycles. The lowest BCUT2D eigenvalue weighted by atomic mass is 10.2. The molecule has 0 aliphatic heterocycles. The van der Waals surface area contributed by atoms with Gasteiger partial charge < -0.3 is 20.3 Å². The summed E-state index contributed by atoms with van der Waals surface area (Å²) in [7, 11) is 0. The van der Waals surface area contributed by atoms with Crippen LogP contribution >= 0.6 is 0 Å². The molecule has 0 fully saturated rings. The summed E-state index contributed by atoms with van der Waals surface area (Å²) in [5, 5.41) is 26.1. The van der Waals surface area contributed by atoms with E-state index in [1.165, 1.54) is 0 Å². The largest absolute Gasteiger partial charge is 0.507 e. The van der Waals surface area contributed by atoms with E-state index in [1.54, 1.807) is 0 Å². The highest BCUT2D eigenvalue weighted by Crippen LogP contribution is 2.17. The van der Waals surface area contributed by atoms with Gasteiger partial charge in [-0.2, -0.15) is 0 Å². The summed E-state index contributed by atoms with van der Waals surface area (Å²) in [5.74, 6) is -0.427. The van der Waals surface area contributed by atoms with E-state index in [0.29, 0.717) is 0 Å². The number of nitrogens with one attached hydrogen (secondary N) is 1. The molecule has 0 aliphatic rings. The zero-order chi connectivity index (χ0) is 8.43. The highest BCUT2D eigenvalue weighted by Gasteiger charge is 2.07. The third kappa shape index (κ3) is 1.57. The summed E-state index contributed by atoms with van der Waals surface area (Å²) >= 11 is 0. The Morgan fingerprint density at radius 1 is 1.45 bits per heavy atom. The highest BCUT2D eigenvalue weighted by molar-refractivity contribution is 5.28. The Bertz CT molecular complexity index is 304. The second kappa shape index (κ2) is 2.73. The number of aliphatic hydroxyl groups is 2. The van der Waals surface area contributed by atoms with Crippen molar-refractivity contribution in [2.75, 3.05) is 0 Å². The fourth-order valence-electron chi connectivity index (χ4n) is 0.679. The number of rotatable bonds is 1. The number of aliphatic hydroxyl groups excluding tert-OH is 1. The number of aromatic hydroxyl groups is 1. The van der Waals surface area contributed by atoms with Crippen LogP contribution in [0.3, 0.4) is 0 Å². The van der Waals surface area contributed by atoms with Crippen LogP contribution in [0.5, 0.6) is 5.75 Å². The molecule has 0 bridgehead atoms. The van der Waals surface area contributed by atoms with Crippen molar-refractivity contribution in [1.82, 2.24) is 4.98 Å². The molecular weight excluding hydrogens is 150 g/mol. The molecule has 0 saturated heterocycles. The summed E-state index contributed by atoms with van der Waals surface area (Å²) in [6.45, 7) is 0. The lowest BCUT2D eigenvalue weighted by Crippen LogP contribution is -2.06. The van der Waals surface area contributed by atoms with Crippen molar-refractivity contribution in [2.24, 2.45) is 0 Å². The minimum atomic E-state index is -1.77. The monoisotopic (exact) mass is 157 g/mol. The second-order valence-corrected chi connectivity index (χ2v) is 2.01. The van der Waals surface area contributed by atoms with Crippen LogP contribution in [0.25, 0.3) is 0 Å². The molecule has 5 nitrogen and oxygen atoms in total. The summed E-state index contributed by atoms with van der Waals surface area (Å²) < 4.78 is 0. The van der Waals surface area contributed by atoms with Crippen molar-refractivity contribution in [3.8, 4) is 5.75 Å². The van der Waals surface area contributed by atoms with E-state index in [0.717, 1.165) is 12.3 Å². The Morgan fingerprint density at radius 3 is 2.55 bits per heavy atom. The van der Waals surface area contributed by atoms with Crippen LogP contribution in [0, 0.1) is 0 Å². The number of aromatic amines is 1. The summed E-state index contributed by atoms with van der Waals surface area (Å²) in [5.41, 5.74) is -0.614. The van der Waals surface area contributed by atoms with E-state index < -0.39 is 17.6 Å². The number of hydrogen-bond donors (Lipinski definition) is 4. The predicted octanol–water partition coefficient (Wildman–Crippen LogP) is -0.936. The van der Waals surface area contributed by atoms with Gasteiger partial charge in [0.05, 0.1) is 5.56 Å². The van der Waals surface area contributed by atoms with Gasteiger partial charge in [-0.15, -0.1) is 0 Å². The van der Waals surface area contributed by atoms with Crippen molar-refractivity contribution >= 4 is 0 Å². The molecule has 11 heavy (non-hydrogen) atoms. The van der Waals surface area contributed by atoms with Gasteiger partial charge in [0, 0.05) is 12.3 Å². The predicted molar refractivity (Wildman–Crippen MR) is 35.9 cm³/mol. The lowest BCUT2D eigenvalue weighted by molar-refractivity contribution is -0.0441. The van der Waals surface area contributed by atoms with Crippen LogP contribution in [0.2, 0.25) is 0 Å². The van der Waals surface area contributed by atoms with E-state index >= 15 is 0 Å². The number of hydrogen-bond acceptors (Lipinski definition) is 4. The Kier molecular flexibility index (Phi) is 1.93. The molecular formula is C6H7NO4. The van der Waals surface area contributed by atoms with Crippen molar-refractivity contribution < 1.29 is 15.3 Å². The standard InChI is InChI=1S/C6H7NO4/c8-4-1-5(9)7-2-3(4)6(10)11/h1-2,6,10-11H,(H2,7,8,9). The van der Waals surface area contributed by atoms with E-state index in [2.05, 4.69) is 4.98 Å². The quantitative estimate of drug-likeness (QED) is 0.396. The maximum atomic E-state index is 10.5. The van der Waals surface area contributed by atoms with Gasteiger partial charge >= 0.3 is 0 Å². The van der Waals surface area contributed by atoms with Crippen LogP contribution in [-0.2, 0) is 0 Å². The first kappa shape index (κ1) is 7.77. The topological polar surface area (TPSA) is 93.6 Å². The molecule has 1 rings (SSSR count). The molecule has 0 unspecified atom stereocenters. The van der Waals surface area contributed by atoms with E-state index in [-0.39, 0.29) is 5.56 Å². The average Bonchev–Trinajstić information content (AvgIpc) is 1.85. The van der Waals surface area contributed by atoms with Gasteiger partial charge in [0.2, 0.25) is 0 Å². The smallest absolute Gasteiger partial charge is 0.251 e. The van der Waals surface area contributed by atoms with E-state index in [1.807, 2.05) is 0 Å². The third-order valence-electron chi connectivity index (χ3n) is 1.21. The van der Waals surface area contributed by atoms with Gasteiger partial charge in [-0.3, -0.25) is 4.79 Å². The van der Waals surface area contributed by atoms with Crippen LogP contribution in [0.15, 0.2) is 17.1 Å². The fourth-order valence-corrected chi connectivity index (χ4v) is 0.679. The maximum absolute atomic E-state index is 10.5. The molecule has 0 amide bonds. The van der Waals surface area contributed by atoms with Gasteiger partial charge in [-0.05, 0) is 0 Å². The van der Waals surface area contributed by atoms with Crippen molar-refractivity contribution in [2.45, 2.75) is 6.29 Å². The molecule has 60 valence electrons. The maximum Gasteiger partial charge on any atom is 0.251 e. The van der Waals surface area contributed by atoms with Crippen molar-refractivity contribution in [3.05, 3.63) is 28.2 Å². The average molecular weight is 157 g/mol. The molecule has 4 N–H and O–H groups in total. The number of pyridine rings is 1. The Hall–Kier alpha value is -1.33. The Balaban J connectivity index is 3.20. The van der Waals surface area contributed by atoms with Crippen LogP contribution in [0.4, 0.5) is 0 Å². The number of aromatic nitrogens is 1. The van der Waals surface area contributed by atoms with E-state index in [9.17, 15) is 4.79 Å². The second-order valence-electron chi connectivity index (χ2n) is 2.01. The van der Waals surface area contributed by atoms with Crippen molar-refractivity contribution in [3.63, 3.8) is 0 Å².